The summed E-state index contributed by atoms with van der Waals surface area (Å²) in [5.41, 5.74) is 1.43. The van der Waals surface area contributed by atoms with E-state index in [9.17, 15) is 0 Å². The van der Waals surface area contributed by atoms with E-state index in [0.717, 1.165) is 0 Å². The van der Waals surface area contributed by atoms with Crippen molar-refractivity contribution in [2.45, 2.75) is 13.2 Å². The van der Waals surface area contributed by atoms with E-state index >= 15 is 0 Å². The Morgan fingerprint density at radius 1 is 0.750 bits per heavy atom. The van der Waals surface area contributed by atoms with Gasteiger partial charge in [-0.25, -0.2) is 0 Å². The lowest BCUT2D eigenvalue weighted by Crippen LogP contribution is -1.84. The van der Waals surface area contributed by atoms with E-state index in [2.05, 4.69) is 9.97 Å². The molecule has 84 valence electrons. The van der Waals surface area contributed by atoms with Crippen molar-refractivity contribution in [1.29, 1.82) is 0 Å². The fourth-order valence-electron chi connectivity index (χ4n) is 0.983. The van der Waals surface area contributed by atoms with E-state index in [1.165, 1.54) is 0 Å². The number of aliphatic hydroxyl groups is 2. The van der Waals surface area contributed by atoms with Crippen molar-refractivity contribution in [3.8, 4) is 0 Å². The number of hydrogen-bond donors (Lipinski definition) is 2. The fourth-order valence-corrected chi connectivity index (χ4v) is 0.983. The zero-order chi connectivity index (χ0) is 11.6. The summed E-state index contributed by atoms with van der Waals surface area (Å²) in [7, 11) is 0. The van der Waals surface area contributed by atoms with E-state index in [1.54, 1.807) is 24.5 Å². The Bertz CT molecular complexity index is 339. The molecule has 4 heteroatoms. The van der Waals surface area contributed by atoms with Crippen LogP contribution < -0.4 is 0 Å². The van der Waals surface area contributed by atoms with Crippen molar-refractivity contribution in [2.75, 3.05) is 0 Å². The van der Waals surface area contributed by atoms with Gasteiger partial charge in [-0.15, -0.1) is 0 Å². The van der Waals surface area contributed by atoms with Gasteiger partial charge in [0.15, 0.2) is 0 Å². The average Bonchev–Trinajstić information content (AvgIpc) is 2.41. The number of rotatable bonds is 2. The summed E-state index contributed by atoms with van der Waals surface area (Å²) < 4.78 is 0. The molecule has 0 saturated heterocycles. The molecule has 2 heterocycles. The molecule has 16 heavy (non-hydrogen) atoms. The first kappa shape index (κ1) is 12.3. The Morgan fingerprint density at radius 2 is 1.19 bits per heavy atom. The maximum absolute atomic E-state index is 8.48. The third-order valence-corrected chi connectivity index (χ3v) is 1.78. The Hall–Kier alpha value is -1.78. The molecule has 0 fully saturated rings. The van der Waals surface area contributed by atoms with Crippen LogP contribution >= 0.6 is 0 Å². The van der Waals surface area contributed by atoms with Crippen LogP contribution in [0.15, 0.2) is 48.8 Å². The van der Waals surface area contributed by atoms with Crippen LogP contribution in [0.25, 0.3) is 0 Å². The van der Waals surface area contributed by atoms with E-state index in [0.29, 0.717) is 11.4 Å². The normalized spacial score (nSPS) is 9.12. The van der Waals surface area contributed by atoms with Crippen LogP contribution in [-0.2, 0) is 13.2 Å². The molecular formula is C12H14N2O2. The topological polar surface area (TPSA) is 66.2 Å². The van der Waals surface area contributed by atoms with Gasteiger partial charge in [0.2, 0.25) is 0 Å². The Morgan fingerprint density at radius 3 is 1.38 bits per heavy atom. The largest absolute Gasteiger partial charge is 0.390 e. The van der Waals surface area contributed by atoms with Gasteiger partial charge in [-0.1, -0.05) is 12.1 Å². The predicted molar refractivity (Wildman–Crippen MR) is 60.3 cm³/mol. The smallest absolute Gasteiger partial charge is 0.0852 e. The van der Waals surface area contributed by atoms with Crippen molar-refractivity contribution >= 4 is 0 Å². The highest BCUT2D eigenvalue weighted by molar-refractivity contribution is 5.01. The molecule has 0 aliphatic heterocycles. The van der Waals surface area contributed by atoms with Crippen LogP contribution in [0.3, 0.4) is 0 Å². The van der Waals surface area contributed by atoms with Gasteiger partial charge in [0.1, 0.15) is 0 Å². The van der Waals surface area contributed by atoms with Gasteiger partial charge >= 0.3 is 0 Å². The minimum absolute atomic E-state index is 0.0286. The third-order valence-electron chi connectivity index (χ3n) is 1.78. The molecule has 0 amide bonds. The van der Waals surface area contributed by atoms with Crippen LogP contribution in [0.1, 0.15) is 11.4 Å². The second-order valence-electron chi connectivity index (χ2n) is 2.96. The molecule has 0 atom stereocenters. The fraction of sp³-hybridized carbons (Fsp3) is 0.167. The van der Waals surface area contributed by atoms with Crippen LogP contribution in [0.4, 0.5) is 0 Å². The van der Waals surface area contributed by atoms with Gasteiger partial charge in [-0.2, -0.15) is 0 Å². The molecule has 2 aromatic rings. The Kier molecular flexibility index (Phi) is 5.76. The molecule has 2 aromatic heterocycles. The number of aromatic nitrogens is 2. The third kappa shape index (κ3) is 4.63. The summed E-state index contributed by atoms with van der Waals surface area (Å²) in [6.07, 6.45) is 3.32. The van der Waals surface area contributed by atoms with Gasteiger partial charge < -0.3 is 10.2 Å². The summed E-state index contributed by atoms with van der Waals surface area (Å²) in [6.45, 7) is 0.0572. The maximum atomic E-state index is 8.48. The summed E-state index contributed by atoms with van der Waals surface area (Å²) in [6, 6.07) is 10.9. The Balaban J connectivity index is 0.000000160. The minimum atomic E-state index is 0.0286. The number of aliphatic hydroxyl groups excluding tert-OH is 2. The summed E-state index contributed by atoms with van der Waals surface area (Å²) in [5, 5.41) is 17.0. The average molecular weight is 218 g/mol. The van der Waals surface area contributed by atoms with Crippen LogP contribution in [-0.4, -0.2) is 20.2 Å². The van der Waals surface area contributed by atoms with Gasteiger partial charge in [0.25, 0.3) is 0 Å². The maximum Gasteiger partial charge on any atom is 0.0852 e. The summed E-state index contributed by atoms with van der Waals surface area (Å²) >= 11 is 0. The van der Waals surface area contributed by atoms with Crippen molar-refractivity contribution in [3.63, 3.8) is 0 Å². The molecular weight excluding hydrogens is 204 g/mol. The zero-order valence-electron chi connectivity index (χ0n) is 8.82. The first-order valence-electron chi connectivity index (χ1n) is 4.88. The zero-order valence-corrected chi connectivity index (χ0v) is 8.82. The molecule has 0 saturated carbocycles. The lowest BCUT2D eigenvalue weighted by molar-refractivity contribution is 0.276. The van der Waals surface area contributed by atoms with E-state index in [4.69, 9.17) is 10.2 Å². The number of nitrogens with zero attached hydrogens (tertiary/aromatic N) is 2. The second-order valence-corrected chi connectivity index (χ2v) is 2.96. The molecule has 4 nitrogen and oxygen atoms in total. The molecule has 2 rings (SSSR count). The molecule has 0 unspecified atom stereocenters. The monoisotopic (exact) mass is 218 g/mol. The van der Waals surface area contributed by atoms with E-state index < -0.39 is 0 Å². The lowest BCUT2D eigenvalue weighted by atomic mass is 10.4. The molecule has 0 radical (unpaired) electrons. The first-order valence-corrected chi connectivity index (χ1v) is 4.88. The standard InChI is InChI=1S/2C6H7NO/c2*8-5-6-3-1-2-4-7-6/h2*1-4,8H,5H2. The van der Waals surface area contributed by atoms with E-state index in [-0.39, 0.29) is 13.2 Å². The van der Waals surface area contributed by atoms with Crippen LogP contribution in [0.2, 0.25) is 0 Å². The van der Waals surface area contributed by atoms with Gasteiger partial charge in [-0.3, -0.25) is 9.97 Å². The second kappa shape index (κ2) is 7.50. The number of pyridine rings is 2. The number of hydrogen-bond acceptors (Lipinski definition) is 4. The van der Waals surface area contributed by atoms with Crippen molar-refractivity contribution in [1.82, 2.24) is 9.97 Å². The van der Waals surface area contributed by atoms with Crippen molar-refractivity contribution < 1.29 is 10.2 Å². The molecule has 0 spiro atoms. The lowest BCUT2D eigenvalue weighted by Gasteiger charge is -1.88. The van der Waals surface area contributed by atoms with Crippen molar-refractivity contribution in [3.05, 3.63) is 60.2 Å². The summed E-state index contributed by atoms with van der Waals surface area (Å²) in [5.74, 6) is 0. The molecule has 0 aliphatic rings. The first-order chi connectivity index (χ1) is 7.86. The van der Waals surface area contributed by atoms with Crippen molar-refractivity contribution in [2.24, 2.45) is 0 Å². The van der Waals surface area contributed by atoms with E-state index in [1.807, 2.05) is 24.3 Å². The van der Waals surface area contributed by atoms with Gasteiger partial charge in [0, 0.05) is 12.4 Å². The highest BCUT2D eigenvalue weighted by Gasteiger charge is 1.83. The Labute approximate surface area is 94.3 Å². The quantitative estimate of drug-likeness (QED) is 0.793. The highest BCUT2D eigenvalue weighted by Crippen LogP contribution is 1.90. The van der Waals surface area contributed by atoms with Gasteiger partial charge in [0.05, 0.1) is 24.6 Å². The minimum Gasteiger partial charge on any atom is -0.390 e. The SMILES string of the molecule is OCc1ccccn1.OCc1ccccn1. The molecule has 0 aromatic carbocycles. The van der Waals surface area contributed by atoms with Crippen LogP contribution in [0.5, 0.6) is 0 Å². The molecule has 0 bridgehead atoms. The molecule has 0 aliphatic carbocycles. The van der Waals surface area contributed by atoms with Gasteiger partial charge in [-0.05, 0) is 24.3 Å². The highest BCUT2D eigenvalue weighted by atomic mass is 16.3. The van der Waals surface area contributed by atoms with Crippen LogP contribution in [0, 0.1) is 0 Å². The summed E-state index contributed by atoms with van der Waals surface area (Å²) in [4.78, 5) is 7.69. The molecule has 2 N–H and O–H groups in total. The predicted octanol–water partition coefficient (Wildman–Crippen LogP) is 1.15.